The molecule has 1 N–H and O–H groups in total. The summed E-state index contributed by atoms with van der Waals surface area (Å²) in [6, 6.07) is 15.0. The number of carbonyl (C=O) groups excluding carboxylic acids is 1. The summed E-state index contributed by atoms with van der Waals surface area (Å²) in [5, 5.41) is 15.7. The predicted molar refractivity (Wildman–Crippen MR) is 176 cm³/mol. The van der Waals surface area contributed by atoms with Gasteiger partial charge in [-0.2, -0.15) is 15.2 Å². The molecular weight excluding hydrogens is 590 g/mol. The lowest BCUT2D eigenvalue weighted by atomic mass is 10.0. The summed E-state index contributed by atoms with van der Waals surface area (Å²) in [6.07, 6.45) is 2.81. The molecule has 1 saturated carbocycles. The van der Waals surface area contributed by atoms with Gasteiger partial charge in [0.15, 0.2) is 0 Å². The highest BCUT2D eigenvalue weighted by Crippen LogP contribution is 2.46. The Hall–Kier alpha value is -3.81. The number of carbonyl (C=O) groups is 1. The number of nitrogens with zero attached hydrogens (tertiary/aromatic N) is 6. The van der Waals surface area contributed by atoms with Crippen molar-refractivity contribution in [1.29, 1.82) is 5.26 Å². The maximum atomic E-state index is 12.6. The summed E-state index contributed by atoms with van der Waals surface area (Å²) >= 11 is 6.71. The standard InChI is InChI=1S/C34H42ClN7O3/c1-33(2,3)45-32(43)40(4)21-34(13-14-34)22-44-31-38-27-20-41(28-10-6-8-23-7-5-9-26(35)29(23)28)17-12-25(27)30(39-31)42-18-16-37-24(19-42)11-15-36/h5-10,24,37H,11-14,16-22H2,1-4H3. The number of ether oxygens (including phenoxy) is 2. The number of anilines is 2. The Kier molecular flexibility index (Phi) is 8.68. The lowest BCUT2D eigenvalue weighted by molar-refractivity contribution is 0.0245. The minimum Gasteiger partial charge on any atom is -0.463 e. The molecule has 3 aromatic rings. The average Bonchev–Trinajstić information content (AvgIpc) is 3.78. The number of benzene rings is 2. The van der Waals surface area contributed by atoms with Crippen molar-refractivity contribution in [2.24, 2.45) is 5.41 Å². The molecule has 0 bridgehead atoms. The number of nitrogens with one attached hydrogen (secondary N) is 1. The quantitative estimate of drug-likeness (QED) is 0.342. The van der Waals surface area contributed by atoms with E-state index in [1.165, 1.54) is 0 Å². The van der Waals surface area contributed by atoms with E-state index in [4.69, 9.17) is 31.0 Å². The molecule has 3 aliphatic rings. The normalized spacial score (nSPS) is 19.1. The first-order chi connectivity index (χ1) is 21.5. The largest absolute Gasteiger partial charge is 0.463 e. The molecule has 1 amide bonds. The van der Waals surface area contributed by atoms with Crippen LogP contribution in [0, 0.1) is 16.7 Å². The van der Waals surface area contributed by atoms with Crippen LogP contribution in [0.5, 0.6) is 6.01 Å². The molecule has 6 rings (SSSR count). The van der Waals surface area contributed by atoms with Crippen LogP contribution in [0.2, 0.25) is 5.02 Å². The van der Waals surface area contributed by atoms with Gasteiger partial charge in [-0.1, -0.05) is 35.9 Å². The third-order valence-corrected chi connectivity index (χ3v) is 9.15. The van der Waals surface area contributed by atoms with E-state index < -0.39 is 5.60 Å². The van der Waals surface area contributed by atoms with Crippen molar-refractivity contribution in [3.05, 3.63) is 52.7 Å². The number of amides is 1. The lowest BCUT2D eigenvalue weighted by Crippen LogP contribution is -2.51. The first-order valence-electron chi connectivity index (χ1n) is 15.8. The van der Waals surface area contributed by atoms with Gasteiger partial charge in [-0.05, 0) is 57.6 Å². The fraction of sp³-hybridized carbons (Fsp3) is 0.529. The van der Waals surface area contributed by atoms with E-state index in [0.717, 1.165) is 77.5 Å². The molecule has 1 unspecified atom stereocenters. The molecule has 1 aliphatic carbocycles. The summed E-state index contributed by atoms with van der Waals surface area (Å²) in [4.78, 5) is 28.9. The second-order valence-electron chi connectivity index (χ2n) is 13.6. The fourth-order valence-corrected chi connectivity index (χ4v) is 6.65. The summed E-state index contributed by atoms with van der Waals surface area (Å²) < 4.78 is 11.9. The van der Waals surface area contributed by atoms with Crippen LogP contribution in [-0.2, 0) is 17.7 Å². The SMILES string of the molecule is CN(CC1(COc2nc3c(c(N4CCNC(CC#N)C4)n2)CCN(c2cccc4cccc(Cl)c24)C3)CC1)C(=O)OC(C)(C)C. The van der Waals surface area contributed by atoms with E-state index in [0.29, 0.717) is 38.7 Å². The second-order valence-corrected chi connectivity index (χ2v) is 14.0. The average molecular weight is 632 g/mol. The van der Waals surface area contributed by atoms with Crippen molar-refractivity contribution < 1.29 is 14.3 Å². The van der Waals surface area contributed by atoms with Crippen molar-refractivity contribution >= 4 is 40.0 Å². The van der Waals surface area contributed by atoms with Gasteiger partial charge >= 0.3 is 12.1 Å². The van der Waals surface area contributed by atoms with E-state index in [-0.39, 0.29) is 17.6 Å². The zero-order valence-corrected chi connectivity index (χ0v) is 27.4. The third kappa shape index (κ3) is 7.05. The Balaban J connectivity index is 1.27. The van der Waals surface area contributed by atoms with Gasteiger partial charge in [0.05, 0.1) is 36.4 Å². The number of fused-ring (bicyclic) bond motifs is 2. The van der Waals surface area contributed by atoms with Gasteiger partial charge in [-0.3, -0.25) is 0 Å². The van der Waals surface area contributed by atoms with Crippen molar-refractivity contribution in [2.75, 3.05) is 56.2 Å². The highest BCUT2D eigenvalue weighted by atomic mass is 35.5. The number of rotatable bonds is 8. The smallest absolute Gasteiger partial charge is 0.410 e. The molecule has 238 valence electrons. The predicted octanol–water partition coefficient (Wildman–Crippen LogP) is 5.56. The lowest BCUT2D eigenvalue weighted by Gasteiger charge is -2.37. The zero-order valence-electron chi connectivity index (χ0n) is 26.6. The summed E-state index contributed by atoms with van der Waals surface area (Å²) in [5.41, 5.74) is 2.46. The van der Waals surface area contributed by atoms with Crippen LogP contribution in [-0.4, -0.2) is 79.0 Å². The van der Waals surface area contributed by atoms with E-state index in [9.17, 15) is 10.1 Å². The highest BCUT2D eigenvalue weighted by Gasteiger charge is 2.46. The van der Waals surface area contributed by atoms with Crippen LogP contribution in [0.1, 0.15) is 51.3 Å². The number of aromatic nitrogens is 2. The van der Waals surface area contributed by atoms with Crippen molar-refractivity contribution in [1.82, 2.24) is 20.2 Å². The van der Waals surface area contributed by atoms with E-state index in [1.54, 1.807) is 11.9 Å². The van der Waals surface area contributed by atoms with Crippen LogP contribution in [0.4, 0.5) is 16.3 Å². The molecule has 45 heavy (non-hydrogen) atoms. The molecule has 11 heteroatoms. The minimum absolute atomic E-state index is 0.0785. The molecule has 1 aromatic heterocycles. The zero-order chi connectivity index (χ0) is 31.8. The molecular formula is C34H42ClN7O3. The molecule has 1 saturated heterocycles. The van der Waals surface area contributed by atoms with E-state index >= 15 is 0 Å². The molecule has 1 atom stereocenters. The van der Waals surface area contributed by atoms with Gasteiger partial charge in [-0.15, -0.1) is 0 Å². The van der Waals surface area contributed by atoms with Gasteiger partial charge in [0, 0.05) is 67.9 Å². The van der Waals surface area contributed by atoms with Gasteiger partial charge in [-0.25, -0.2) is 4.79 Å². The Bertz CT molecular complexity index is 1610. The van der Waals surface area contributed by atoms with E-state index in [1.807, 2.05) is 32.9 Å². The monoisotopic (exact) mass is 631 g/mol. The second kappa shape index (κ2) is 12.5. The van der Waals surface area contributed by atoms with Gasteiger partial charge in [0.2, 0.25) is 0 Å². The Morgan fingerprint density at radius 3 is 2.69 bits per heavy atom. The number of piperazine rings is 1. The molecule has 2 fully saturated rings. The van der Waals surface area contributed by atoms with Crippen LogP contribution < -0.4 is 19.9 Å². The van der Waals surface area contributed by atoms with Crippen LogP contribution in [0.25, 0.3) is 10.8 Å². The van der Waals surface area contributed by atoms with Crippen LogP contribution >= 0.6 is 11.6 Å². The van der Waals surface area contributed by atoms with Crippen molar-refractivity contribution in [3.63, 3.8) is 0 Å². The van der Waals surface area contributed by atoms with Crippen LogP contribution in [0.3, 0.4) is 0 Å². The molecule has 2 aliphatic heterocycles. The minimum atomic E-state index is -0.548. The molecule has 0 radical (unpaired) electrons. The molecule has 3 heterocycles. The van der Waals surface area contributed by atoms with Gasteiger partial charge < -0.3 is 29.5 Å². The topological polar surface area (TPSA) is 107 Å². The number of hydrogen-bond acceptors (Lipinski definition) is 9. The van der Waals surface area contributed by atoms with E-state index in [2.05, 4.69) is 45.5 Å². The third-order valence-electron chi connectivity index (χ3n) is 8.83. The van der Waals surface area contributed by atoms with Crippen molar-refractivity contribution in [3.8, 4) is 12.1 Å². The summed E-state index contributed by atoms with van der Waals surface area (Å²) in [6.45, 7) is 10.3. The Morgan fingerprint density at radius 2 is 1.96 bits per heavy atom. The molecule has 0 spiro atoms. The van der Waals surface area contributed by atoms with Crippen molar-refractivity contribution in [2.45, 2.75) is 64.6 Å². The number of halogens is 1. The Morgan fingerprint density at radius 1 is 1.18 bits per heavy atom. The number of hydrogen-bond donors (Lipinski definition) is 1. The highest BCUT2D eigenvalue weighted by molar-refractivity contribution is 6.36. The summed E-state index contributed by atoms with van der Waals surface area (Å²) in [5.74, 6) is 0.894. The molecule has 2 aromatic carbocycles. The van der Waals surface area contributed by atoms with Gasteiger partial charge in [0.1, 0.15) is 11.4 Å². The van der Waals surface area contributed by atoms with Crippen LogP contribution in [0.15, 0.2) is 36.4 Å². The number of nitriles is 1. The first-order valence-corrected chi connectivity index (χ1v) is 16.2. The Labute approximate surface area is 270 Å². The van der Waals surface area contributed by atoms with Gasteiger partial charge in [0.25, 0.3) is 0 Å². The summed E-state index contributed by atoms with van der Waals surface area (Å²) in [7, 11) is 1.78. The maximum absolute atomic E-state index is 12.6. The first kappa shape index (κ1) is 31.2. The fourth-order valence-electron chi connectivity index (χ4n) is 6.37. The molecule has 10 nitrogen and oxygen atoms in total. The maximum Gasteiger partial charge on any atom is 0.410 e.